The number of carbonyl (C=O) groups excluding carboxylic acids is 1. The molecule has 2 aromatic rings. The van der Waals surface area contributed by atoms with E-state index in [1.807, 2.05) is 6.07 Å². The van der Waals surface area contributed by atoms with Gasteiger partial charge in [0.15, 0.2) is 0 Å². The Labute approximate surface area is 111 Å². The first-order valence-electron chi connectivity index (χ1n) is 5.42. The van der Waals surface area contributed by atoms with Gasteiger partial charge in [-0.05, 0) is 18.2 Å². The van der Waals surface area contributed by atoms with E-state index in [-0.39, 0.29) is 24.2 Å². The van der Waals surface area contributed by atoms with Crippen molar-refractivity contribution in [2.75, 3.05) is 11.9 Å². The lowest BCUT2D eigenvalue weighted by Gasteiger charge is -2.10. The molecule has 5 nitrogen and oxygen atoms in total. The lowest BCUT2D eigenvalue weighted by Crippen LogP contribution is -2.26. The molecule has 0 aliphatic rings. The van der Waals surface area contributed by atoms with Crippen molar-refractivity contribution in [1.82, 2.24) is 9.97 Å². The van der Waals surface area contributed by atoms with Gasteiger partial charge in [-0.25, -0.2) is 0 Å². The minimum atomic E-state index is -0.201. The van der Waals surface area contributed by atoms with Crippen LogP contribution in [0.2, 0.25) is 0 Å². The largest absolute Gasteiger partial charge is 0.330 e. The average molecular weight is 267 g/mol. The Bertz CT molecular complexity index is 546. The van der Waals surface area contributed by atoms with Crippen molar-refractivity contribution < 1.29 is 4.79 Å². The van der Waals surface area contributed by atoms with Crippen LogP contribution in [0, 0.1) is 5.92 Å². The number of nitrogens with zero attached hydrogens (tertiary/aromatic N) is 2. The summed E-state index contributed by atoms with van der Waals surface area (Å²) in [5.41, 5.74) is 7.70. The molecule has 0 radical (unpaired) electrons. The minimum absolute atomic E-state index is 0. The number of halogens is 1. The van der Waals surface area contributed by atoms with Gasteiger partial charge >= 0.3 is 0 Å². The van der Waals surface area contributed by atoms with Gasteiger partial charge in [-0.15, -0.1) is 12.4 Å². The quantitative estimate of drug-likeness (QED) is 0.884. The maximum Gasteiger partial charge on any atom is 0.228 e. The number of fused-ring (bicyclic) bond motifs is 1. The molecule has 18 heavy (non-hydrogen) atoms. The van der Waals surface area contributed by atoms with Crippen LogP contribution < -0.4 is 11.1 Å². The SMILES string of the molecule is CC(CN)C(=O)Nc1ccc2nccnc2c1.Cl. The van der Waals surface area contributed by atoms with Crippen molar-refractivity contribution >= 4 is 35.0 Å². The summed E-state index contributed by atoms with van der Waals surface area (Å²) in [6, 6.07) is 5.42. The zero-order valence-electron chi connectivity index (χ0n) is 9.96. The first-order chi connectivity index (χ1) is 8.20. The predicted molar refractivity (Wildman–Crippen MR) is 73.6 cm³/mol. The third-order valence-corrected chi connectivity index (χ3v) is 2.54. The molecule has 0 saturated carbocycles. The molecular formula is C12H15ClN4O. The lowest BCUT2D eigenvalue weighted by molar-refractivity contribution is -0.119. The fourth-order valence-electron chi connectivity index (χ4n) is 1.41. The lowest BCUT2D eigenvalue weighted by atomic mass is 10.1. The first-order valence-corrected chi connectivity index (χ1v) is 5.42. The zero-order valence-corrected chi connectivity index (χ0v) is 10.8. The summed E-state index contributed by atoms with van der Waals surface area (Å²) in [4.78, 5) is 20.0. The number of amides is 1. The molecule has 0 aliphatic carbocycles. The van der Waals surface area contributed by atoms with Crippen molar-refractivity contribution in [3.63, 3.8) is 0 Å². The van der Waals surface area contributed by atoms with E-state index in [0.29, 0.717) is 12.2 Å². The number of anilines is 1. The summed E-state index contributed by atoms with van der Waals surface area (Å²) in [6.45, 7) is 2.12. The third kappa shape index (κ3) is 3.15. The van der Waals surface area contributed by atoms with Crippen molar-refractivity contribution in [1.29, 1.82) is 0 Å². The van der Waals surface area contributed by atoms with Gasteiger partial charge in [-0.2, -0.15) is 0 Å². The highest BCUT2D eigenvalue weighted by Gasteiger charge is 2.10. The van der Waals surface area contributed by atoms with Crippen molar-refractivity contribution in [3.05, 3.63) is 30.6 Å². The number of rotatable bonds is 3. The summed E-state index contributed by atoms with van der Waals surface area (Å²) < 4.78 is 0. The Morgan fingerprint density at radius 2 is 2.00 bits per heavy atom. The van der Waals surface area contributed by atoms with Crippen molar-refractivity contribution in [3.8, 4) is 0 Å². The van der Waals surface area contributed by atoms with Gasteiger partial charge in [-0.3, -0.25) is 14.8 Å². The van der Waals surface area contributed by atoms with E-state index in [1.165, 1.54) is 0 Å². The van der Waals surface area contributed by atoms with Gasteiger partial charge in [0.05, 0.1) is 11.0 Å². The van der Waals surface area contributed by atoms with Crippen LogP contribution in [0.25, 0.3) is 11.0 Å². The van der Waals surface area contributed by atoms with Gasteiger partial charge in [0, 0.05) is 30.5 Å². The summed E-state index contributed by atoms with van der Waals surface area (Å²) in [7, 11) is 0. The summed E-state index contributed by atoms with van der Waals surface area (Å²) in [5.74, 6) is -0.289. The van der Waals surface area contributed by atoms with E-state index in [1.54, 1.807) is 31.5 Å². The van der Waals surface area contributed by atoms with E-state index in [0.717, 1.165) is 11.0 Å². The van der Waals surface area contributed by atoms with Crippen LogP contribution in [0.5, 0.6) is 0 Å². The Hall–Kier alpha value is -1.72. The molecule has 6 heteroatoms. The molecule has 0 fully saturated rings. The number of benzene rings is 1. The number of hydrogen-bond acceptors (Lipinski definition) is 4. The summed E-state index contributed by atoms with van der Waals surface area (Å²) in [6.07, 6.45) is 3.26. The molecule has 1 atom stereocenters. The molecule has 0 spiro atoms. The Morgan fingerprint density at radius 3 is 2.67 bits per heavy atom. The molecule has 1 aromatic carbocycles. The van der Waals surface area contributed by atoms with Crippen LogP contribution in [-0.4, -0.2) is 22.4 Å². The van der Waals surface area contributed by atoms with Crippen LogP contribution in [0.1, 0.15) is 6.92 Å². The van der Waals surface area contributed by atoms with Gasteiger partial charge in [-0.1, -0.05) is 6.92 Å². The summed E-state index contributed by atoms with van der Waals surface area (Å²) >= 11 is 0. The second kappa shape index (κ2) is 6.28. The molecule has 0 aliphatic heterocycles. The molecule has 1 amide bonds. The Kier molecular flexibility index (Phi) is 5.00. The fraction of sp³-hybridized carbons (Fsp3) is 0.250. The average Bonchev–Trinajstić information content (AvgIpc) is 2.37. The third-order valence-electron chi connectivity index (χ3n) is 2.54. The molecular weight excluding hydrogens is 252 g/mol. The number of carbonyl (C=O) groups is 1. The first kappa shape index (κ1) is 14.3. The maximum atomic E-state index is 11.7. The number of nitrogens with two attached hydrogens (primary N) is 1. The number of aromatic nitrogens is 2. The van der Waals surface area contributed by atoms with Crippen molar-refractivity contribution in [2.45, 2.75) is 6.92 Å². The monoisotopic (exact) mass is 266 g/mol. The van der Waals surface area contributed by atoms with Gasteiger partial charge < -0.3 is 11.1 Å². The van der Waals surface area contributed by atoms with E-state index in [4.69, 9.17) is 5.73 Å². The topological polar surface area (TPSA) is 80.9 Å². The van der Waals surface area contributed by atoms with E-state index >= 15 is 0 Å². The van der Waals surface area contributed by atoms with Gasteiger partial charge in [0.25, 0.3) is 0 Å². The van der Waals surface area contributed by atoms with Crippen LogP contribution >= 0.6 is 12.4 Å². The highest BCUT2D eigenvalue weighted by Crippen LogP contribution is 2.15. The molecule has 96 valence electrons. The molecule has 1 unspecified atom stereocenters. The molecule has 2 rings (SSSR count). The molecule has 0 bridgehead atoms. The smallest absolute Gasteiger partial charge is 0.228 e. The molecule has 3 N–H and O–H groups in total. The zero-order chi connectivity index (χ0) is 12.3. The minimum Gasteiger partial charge on any atom is -0.330 e. The normalized spacial score (nSPS) is 11.7. The van der Waals surface area contributed by atoms with Gasteiger partial charge in [0.2, 0.25) is 5.91 Å². The number of hydrogen-bond donors (Lipinski definition) is 2. The van der Waals surface area contributed by atoms with E-state index < -0.39 is 0 Å². The second-order valence-corrected chi connectivity index (χ2v) is 3.89. The standard InChI is InChI=1S/C12H14N4O.ClH/c1-8(7-13)12(17)16-9-2-3-10-11(6-9)15-5-4-14-10;/h2-6,8H,7,13H2,1H3,(H,16,17);1H. The van der Waals surface area contributed by atoms with Crippen molar-refractivity contribution in [2.24, 2.45) is 11.7 Å². The fourth-order valence-corrected chi connectivity index (χ4v) is 1.41. The maximum absolute atomic E-state index is 11.7. The molecule has 1 aromatic heterocycles. The van der Waals surface area contributed by atoms with Crippen LogP contribution in [0.15, 0.2) is 30.6 Å². The van der Waals surface area contributed by atoms with Crippen LogP contribution in [0.3, 0.4) is 0 Å². The van der Waals surface area contributed by atoms with Crippen LogP contribution in [0.4, 0.5) is 5.69 Å². The summed E-state index contributed by atoms with van der Waals surface area (Å²) in [5, 5.41) is 2.80. The highest BCUT2D eigenvalue weighted by molar-refractivity contribution is 5.94. The molecule has 0 saturated heterocycles. The second-order valence-electron chi connectivity index (χ2n) is 3.89. The highest BCUT2D eigenvalue weighted by atomic mass is 35.5. The molecule has 1 heterocycles. The Balaban J connectivity index is 0.00000162. The predicted octanol–water partition coefficient (Wildman–Crippen LogP) is 1.58. The number of nitrogens with one attached hydrogen (secondary N) is 1. The van der Waals surface area contributed by atoms with E-state index in [2.05, 4.69) is 15.3 Å². The van der Waals surface area contributed by atoms with Crippen LogP contribution in [-0.2, 0) is 4.79 Å². The Morgan fingerprint density at radius 1 is 1.33 bits per heavy atom. The van der Waals surface area contributed by atoms with Gasteiger partial charge in [0.1, 0.15) is 0 Å². The van der Waals surface area contributed by atoms with E-state index in [9.17, 15) is 4.79 Å².